The number of benzene rings is 1. The van der Waals surface area contributed by atoms with E-state index in [2.05, 4.69) is 4.98 Å². The Balaban J connectivity index is 2.19. The molecule has 0 saturated carbocycles. The van der Waals surface area contributed by atoms with Gasteiger partial charge in [-0.1, -0.05) is 24.3 Å². The van der Waals surface area contributed by atoms with E-state index in [1.54, 1.807) is 12.3 Å². The van der Waals surface area contributed by atoms with Crippen LogP contribution in [-0.2, 0) is 9.84 Å². The normalized spacial score (nSPS) is 18.2. The van der Waals surface area contributed by atoms with Gasteiger partial charge in [-0.05, 0) is 18.6 Å². The molecule has 3 nitrogen and oxygen atoms in total. The highest BCUT2D eigenvalue weighted by molar-refractivity contribution is 8.00. The molecule has 86 valence electrons. The van der Waals surface area contributed by atoms with Gasteiger partial charge in [0.1, 0.15) is 0 Å². The van der Waals surface area contributed by atoms with Crippen molar-refractivity contribution in [3.8, 4) is 0 Å². The number of sulfone groups is 1. The van der Waals surface area contributed by atoms with Crippen molar-refractivity contribution >= 4 is 25.6 Å². The predicted molar refractivity (Wildman–Crippen MR) is 68.1 cm³/mol. The smallest absolute Gasteiger partial charge is 0.179 e. The van der Waals surface area contributed by atoms with Crippen LogP contribution in [0.25, 0.3) is 15.8 Å². The molecule has 0 unspecified atom stereocenters. The van der Waals surface area contributed by atoms with Crippen LogP contribution in [0.5, 0.6) is 0 Å². The zero-order valence-corrected chi connectivity index (χ0v) is 9.94. The summed E-state index contributed by atoms with van der Waals surface area (Å²) in [7, 11) is -3.09. The number of nitrogens with zero attached hydrogens (tertiary/aromatic N) is 1. The quantitative estimate of drug-likeness (QED) is 0.775. The number of aromatic nitrogens is 1. The maximum Gasteiger partial charge on any atom is 0.179 e. The van der Waals surface area contributed by atoms with E-state index >= 15 is 0 Å². The molecule has 17 heavy (non-hydrogen) atoms. The van der Waals surface area contributed by atoms with Crippen molar-refractivity contribution in [1.82, 2.24) is 4.98 Å². The van der Waals surface area contributed by atoms with Crippen molar-refractivity contribution in [2.45, 2.75) is 6.42 Å². The summed E-state index contributed by atoms with van der Waals surface area (Å²) in [4.78, 5) is 4.71. The third-order valence-electron chi connectivity index (χ3n) is 2.93. The van der Waals surface area contributed by atoms with Crippen LogP contribution in [0.2, 0.25) is 0 Å². The minimum atomic E-state index is -3.09. The van der Waals surface area contributed by atoms with E-state index in [1.807, 2.05) is 30.3 Å². The molecule has 0 atom stereocenters. The summed E-state index contributed by atoms with van der Waals surface area (Å²) < 4.78 is 23.6. The number of fused-ring (bicyclic) bond motifs is 1. The molecule has 4 heteroatoms. The largest absolute Gasteiger partial charge is 0.256 e. The maximum absolute atomic E-state index is 11.8. The molecule has 0 saturated heterocycles. The Kier molecular flexibility index (Phi) is 2.26. The predicted octanol–water partition coefficient (Wildman–Crippen LogP) is 2.39. The van der Waals surface area contributed by atoms with Crippen molar-refractivity contribution in [3.63, 3.8) is 0 Å². The van der Waals surface area contributed by atoms with Crippen molar-refractivity contribution in [3.05, 3.63) is 48.2 Å². The highest BCUT2D eigenvalue weighted by Gasteiger charge is 2.24. The van der Waals surface area contributed by atoms with Gasteiger partial charge >= 0.3 is 0 Å². The SMILES string of the molecule is O=S1(=O)CCC=C1c1cnc2ccccc2c1. The first kappa shape index (κ1) is 10.5. The summed E-state index contributed by atoms with van der Waals surface area (Å²) in [5, 5.41) is 0.966. The third kappa shape index (κ3) is 1.74. The van der Waals surface area contributed by atoms with Gasteiger partial charge in [-0.2, -0.15) is 0 Å². The molecule has 1 aromatic carbocycles. The Bertz CT molecular complexity index is 717. The van der Waals surface area contributed by atoms with Crippen LogP contribution in [0.15, 0.2) is 42.6 Å². The minimum Gasteiger partial charge on any atom is -0.256 e. The Labute approximate surface area is 99.7 Å². The molecule has 1 aliphatic rings. The van der Waals surface area contributed by atoms with Crippen molar-refractivity contribution in [1.29, 1.82) is 0 Å². The fraction of sp³-hybridized carbons (Fsp3) is 0.154. The second-order valence-corrected chi connectivity index (χ2v) is 6.17. The Morgan fingerprint density at radius 1 is 1.18 bits per heavy atom. The molecule has 0 aliphatic carbocycles. The number of allylic oxidation sites excluding steroid dienone is 1. The second-order valence-electron chi connectivity index (χ2n) is 4.09. The van der Waals surface area contributed by atoms with Crippen molar-refractivity contribution in [2.24, 2.45) is 0 Å². The molecular formula is C13H11NO2S. The van der Waals surface area contributed by atoms with E-state index in [-0.39, 0.29) is 5.75 Å². The highest BCUT2D eigenvalue weighted by atomic mass is 32.2. The first-order chi connectivity index (χ1) is 8.17. The zero-order valence-electron chi connectivity index (χ0n) is 9.13. The topological polar surface area (TPSA) is 47.0 Å². The highest BCUT2D eigenvalue weighted by Crippen LogP contribution is 2.29. The molecule has 0 N–H and O–H groups in total. The van der Waals surface area contributed by atoms with E-state index in [1.165, 1.54) is 0 Å². The number of hydrogen-bond acceptors (Lipinski definition) is 3. The van der Waals surface area contributed by atoms with Crippen LogP contribution in [-0.4, -0.2) is 19.2 Å². The molecule has 0 spiro atoms. The maximum atomic E-state index is 11.8. The lowest BCUT2D eigenvalue weighted by atomic mass is 10.1. The molecular weight excluding hydrogens is 234 g/mol. The lowest BCUT2D eigenvalue weighted by Gasteiger charge is -2.04. The number of pyridine rings is 1. The Morgan fingerprint density at radius 2 is 2.00 bits per heavy atom. The second kappa shape index (κ2) is 3.67. The molecule has 3 rings (SSSR count). The van der Waals surface area contributed by atoms with Gasteiger partial charge in [0.15, 0.2) is 9.84 Å². The van der Waals surface area contributed by atoms with Gasteiger partial charge in [0.2, 0.25) is 0 Å². The lowest BCUT2D eigenvalue weighted by Crippen LogP contribution is -2.01. The molecule has 0 fully saturated rings. The first-order valence-electron chi connectivity index (χ1n) is 5.45. The van der Waals surface area contributed by atoms with Gasteiger partial charge < -0.3 is 0 Å². The standard InChI is InChI=1S/C13H11NO2S/c15-17(16)7-3-6-13(17)11-8-10-4-1-2-5-12(10)14-9-11/h1-2,4-6,8-9H,3,7H2. The van der Waals surface area contributed by atoms with Crippen LogP contribution < -0.4 is 0 Å². The van der Waals surface area contributed by atoms with Gasteiger partial charge in [-0.3, -0.25) is 4.98 Å². The first-order valence-corrected chi connectivity index (χ1v) is 7.10. The summed E-state index contributed by atoms with van der Waals surface area (Å²) in [6, 6.07) is 9.58. The molecule has 0 amide bonds. The van der Waals surface area contributed by atoms with Gasteiger partial charge in [-0.15, -0.1) is 0 Å². The van der Waals surface area contributed by atoms with Gasteiger partial charge in [0, 0.05) is 17.1 Å². The summed E-state index contributed by atoms with van der Waals surface area (Å²) >= 11 is 0. The average Bonchev–Trinajstić information content (AvgIpc) is 2.68. The number of rotatable bonds is 1. The molecule has 2 heterocycles. The van der Waals surface area contributed by atoms with E-state index in [0.717, 1.165) is 10.9 Å². The average molecular weight is 245 g/mol. The summed E-state index contributed by atoms with van der Waals surface area (Å²) in [5.41, 5.74) is 1.58. The number of para-hydroxylation sites is 1. The monoisotopic (exact) mass is 245 g/mol. The summed E-state index contributed by atoms with van der Waals surface area (Å²) in [6.07, 6.45) is 4.02. The number of hydrogen-bond donors (Lipinski definition) is 0. The summed E-state index contributed by atoms with van der Waals surface area (Å²) in [5.74, 6) is 0.217. The molecule has 0 bridgehead atoms. The third-order valence-corrected chi connectivity index (χ3v) is 4.77. The minimum absolute atomic E-state index is 0.217. The van der Waals surface area contributed by atoms with Crippen LogP contribution in [0.1, 0.15) is 12.0 Å². The van der Waals surface area contributed by atoms with Crippen LogP contribution >= 0.6 is 0 Å². The van der Waals surface area contributed by atoms with Crippen molar-refractivity contribution in [2.75, 3.05) is 5.75 Å². The van der Waals surface area contributed by atoms with Crippen LogP contribution in [0.4, 0.5) is 0 Å². The Morgan fingerprint density at radius 3 is 2.76 bits per heavy atom. The van der Waals surface area contributed by atoms with Crippen LogP contribution in [0.3, 0.4) is 0 Å². The fourth-order valence-electron chi connectivity index (χ4n) is 2.09. The Hall–Kier alpha value is -1.68. The summed E-state index contributed by atoms with van der Waals surface area (Å²) in [6.45, 7) is 0. The lowest BCUT2D eigenvalue weighted by molar-refractivity contribution is 0.607. The van der Waals surface area contributed by atoms with E-state index in [0.29, 0.717) is 16.9 Å². The molecule has 0 radical (unpaired) electrons. The van der Waals surface area contributed by atoms with E-state index in [4.69, 9.17) is 0 Å². The molecule has 1 aliphatic heterocycles. The van der Waals surface area contributed by atoms with Gasteiger partial charge in [-0.25, -0.2) is 8.42 Å². The van der Waals surface area contributed by atoms with Crippen LogP contribution in [0, 0.1) is 0 Å². The van der Waals surface area contributed by atoms with Gasteiger partial charge in [0.25, 0.3) is 0 Å². The van der Waals surface area contributed by atoms with E-state index in [9.17, 15) is 8.42 Å². The zero-order chi connectivity index (χ0) is 11.9. The van der Waals surface area contributed by atoms with Crippen molar-refractivity contribution < 1.29 is 8.42 Å². The molecule has 2 aromatic rings. The molecule has 1 aromatic heterocycles. The van der Waals surface area contributed by atoms with E-state index < -0.39 is 9.84 Å². The fourth-order valence-corrected chi connectivity index (χ4v) is 3.58. The van der Waals surface area contributed by atoms with Gasteiger partial charge in [0.05, 0.1) is 16.2 Å².